The summed E-state index contributed by atoms with van der Waals surface area (Å²) in [6.07, 6.45) is -9.30. The number of hydrogen-bond acceptors (Lipinski definition) is 6. The number of rotatable bonds is 0. The lowest BCUT2D eigenvalue weighted by Crippen LogP contribution is -2.60. The van der Waals surface area contributed by atoms with E-state index < -0.39 is 36.6 Å². The fraction of sp³-hybridized carbons (Fsp3) is 0.833. The van der Waals surface area contributed by atoms with Crippen LogP contribution in [0.25, 0.3) is 0 Å². The van der Waals surface area contributed by atoms with Gasteiger partial charge in [0.1, 0.15) is 30.5 Å². The minimum absolute atomic E-state index is 0.833. The van der Waals surface area contributed by atoms with Crippen LogP contribution in [-0.4, -0.2) is 61.2 Å². The van der Waals surface area contributed by atoms with E-state index in [0.717, 1.165) is 0 Å². The Balaban J connectivity index is 2.76. The van der Waals surface area contributed by atoms with Gasteiger partial charge in [0, 0.05) is 0 Å². The Morgan fingerprint density at radius 2 is 1.00 bits per heavy atom. The van der Waals surface area contributed by atoms with Crippen molar-refractivity contribution in [3.05, 3.63) is 6.10 Å². The lowest BCUT2D eigenvalue weighted by atomic mass is 9.85. The highest BCUT2D eigenvalue weighted by Crippen LogP contribution is 2.25. The Morgan fingerprint density at radius 3 is 1.33 bits per heavy atom. The van der Waals surface area contributed by atoms with Gasteiger partial charge < -0.3 is 30.6 Å². The third-order valence-electron chi connectivity index (χ3n) is 1.95. The molecular weight excluding hydrogens is 168 g/mol. The van der Waals surface area contributed by atoms with E-state index in [1.165, 1.54) is 0 Å². The van der Waals surface area contributed by atoms with Gasteiger partial charge >= 0.3 is 0 Å². The summed E-state index contributed by atoms with van der Waals surface area (Å²) in [6.45, 7) is 0. The predicted octanol–water partition coefficient (Wildman–Crippen LogP) is -3.29. The number of aliphatic hydroxyl groups excluding tert-OH is 6. The van der Waals surface area contributed by atoms with Crippen molar-refractivity contribution in [2.45, 2.75) is 30.5 Å². The molecule has 71 valence electrons. The SMILES string of the molecule is O[C]1[C@@H](O)[C@H](O)C(O)[C@H](O)[C@@H]1O. The molecule has 1 unspecified atom stereocenters. The maximum absolute atomic E-state index is 8.96. The minimum atomic E-state index is -1.72. The van der Waals surface area contributed by atoms with Gasteiger partial charge in [-0.2, -0.15) is 0 Å². The van der Waals surface area contributed by atoms with Crippen molar-refractivity contribution < 1.29 is 30.6 Å². The minimum Gasteiger partial charge on any atom is -0.387 e. The molecule has 1 fully saturated rings. The average Bonchev–Trinajstić information content (AvgIpc) is 2.08. The maximum Gasteiger partial charge on any atom is 0.155 e. The second-order valence-corrected chi connectivity index (χ2v) is 2.79. The number of hydrogen-bond donors (Lipinski definition) is 6. The van der Waals surface area contributed by atoms with Crippen molar-refractivity contribution in [1.29, 1.82) is 0 Å². The zero-order valence-electron chi connectivity index (χ0n) is 6.07. The molecule has 6 heteroatoms. The third kappa shape index (κ3) is 1.33. The first-order valence-electron chi connectivity index (χ1n) is 3.43. The highest BCUT2D eigenvalue weighted by Gasteiger charge is 2.48. The molecular formula is C6H11O6. The van der Waals surface area contributed by atoms with Gasteiger partial charge in [-0.3, -0.25) is 0 Å². The van der Waals surface area contributed by atoms with E-state index in [2.05, 4.69) is 0 Å². The van der Waals surface area contributed by atoms with Crippen LogP contribution < -0.4 is 0 Å². The Bertz CT molecular complexity index is 104. The van der Waals surface area contributed by atoms with Crippen molar-refractivity contribution >= 4 is 0 Å². The first-order valence-corrected chi connectivity index (χ1v) is 3.43. The molecule has 0 heterocycles. The monoisotopic (exact) mass is 179 g/mol. The standard InChI is InChI=1S/C6H11O6/c7-1-2(8)4(10)6(12)5(11)3(1)9/h1-5,7-12H/t1?,2-,3+,4-,5-/m0/s1. The topological polar surface area (TPSA) is 121 Å². The van der Waals surface area contributed by atoms with Crippen LogP contribution in [0.1, 0.15) is 0 Å². The molecule has 0 aliphatic heterocycles. The van der Waals surface area contributed by atoms with Gasteiger partial charge in [-0.25, -0.2) is 0 Å². The van der Waals surface area contributed by atoms with Gasteiger partial charge in [-0.15, -0.1) is 0 Å². The average molecular weight is 179 g/mol. The van der Waals surface area contributed by atoms with Gasteiger partial charge in [0.05, 0.1) is 0 Å². The van der Waals surface area contributed by atoms with Crippen LogP contribution in [-0.2, 0) is 0 Å². The Kier molecular flexibility index (Phi) is 2.67. The second-order valence-electron chi connectivity index (χ2n) is 2.79. The zero-order valence-corrected chi connectivity index (χ0v) is 6.07. The molecule has 6 N–H and O–H groups in total. The highest BCUT2D eigenvalue weighted by atomic mass is 16.4. The molecule has 1 saturated carbocycles. The van der Waals surface area contributed by atoms with Crippen molar-refractivity contribution in [3.8, 4) is 0 Å². The summed E-state index contributed by atoms with van der Waals surface area (Å²) < 4.78 is 0. The summed E-state index contributed by atoms with van der Waals surface area (Å²) in [7, 11) is 0. The molecule has 1 radical (unpaired) electrons. The predicted molar refractivity (Wildman–Crippen MR) is 35.2 cm³/mol. The molecule has 12 heavy (non-hydrogen) atoms. The van der Waals surface area contributed by atoms with Crippen LogP contribution in [0.4, 0.5) is 0 Å². The van der Waals surface area contributed by atoms with E-state index in [-0.39, 0.29) is 0 Å². The zero-order chi connectivity index (χ0) is 9.46. The Morgan fingerprint density at radius 1 is 0.667 bits per heavy atom. The van der Waals surface area contributed by atoms with Crippen molar-refractivity contribution in [1.82, 2.24) is 0 Å². The van der Waals surface area contributed by atoms with Crippen LogP contribution in [0.5, 0.6) is 0 Å². The van der Waals surface area contributed by atoms with E-state index in [9.17, 15) is 0 Å². The quantitative estimate of drug-likeness (QED) is 0.232. The first-order chi connectivity index (χ1) is 5.46. The molecule has 0 aromatic rings. The Hall–Kier alpha value is -0.240. The molecule has 1 rings (SSSR count). The highest BCUT2D eigenvalue weighted by molar-refractivity contribution is 5.08. The van der Waals surface area contributed by atoms with Gasteiger partial charge in [0.2, 0.25) is 0 Å². The van der Waals surface area contributed by atoms with E-state index in [0.29, 0.717) is 0 Å². The van der Waals surface area contributed by atoms with Crippen molar-refractivity contribution in [2.75, 3.05) is 0 Å². The molecule has 0 spiro atoms. The van der Waals surface area contributed by atoms with Crippen LogP contribution in [0.3, 0.4) is 0 Å². The van der Waals surface area contributed by atoms with E-state index >= 15 is 0 Å². The second kappa shape index (κ2) is 3.25. The molecule has 1 aliphatic carbocycles. The molecule has 5 atom stereocenters. The van der Waals surface area contributed by atoms with Gasteiger partial charge in [0.15, 0.2) is 6.10 Å². The molecule has 6 nitrogen and oxygen atoms in total. The summed E-state index contributed by atoms with van der Waals surface area (Å²) in [5.41, 5.74) is 0. The largest absolute Gasteiger partial charge is 0.387 e. The first kappa shape index (κ1) is 9.85. The summed E-state index contributed by atoms with van der Waals surface area (Å²) >= 11 is 0. The molecule has 0 bridgehead atoms. The van der Waals surface area contributed by atoms with Crippen molar-refractivity contribution in [2.24, 2.45) is 0 Å². The van der Waals surface area contributed by atoms with Crippen LogP contribution in [0.2, 0.25) is 0 Å². The van der Waals surface area contributed by atoms with Gasteiger partial charge in [0.25, 0.3) is 0 Å². The normalized spacial score (nSPS) is 51.0. The van der Waals surface area contributed by atoms with Gasteiger partial charge in [-0.05, 0) is 0 Å². The maximum atomic E-state index is 8.96. The van der Waals surface area contributed by atoms with Crippen LogP contribution in [0, 0.1) is 6.10 Å². The summed E-state index contributed by atoms with van der Waals surface area (Å²) in [5.74, 6) is 0. The molecule has 0 aromatic carbocycles. The van der Waals surface area contributed by atoms with E-state index in [1.807, 2.05) is 0 Å². The lowest BCUT2D eigenvalue weighted by Gasteiger charge is -2.38. The number of aliphatic hydroxyl groups is 6. The fourth-order valence-electron chi connectivity index (χ4n) is 1.10. The van der Waals surface area contributed by atoms with Gasteiger partial charge in [-0.1, -0.05) is 0 Å². The molecule has 0 amide bonds. The van der Waals surface area contributed by atoms with E-state index in [4.69, 9.17) is 30.6 Å². The lowest BCUT2D eigenvalue weighted by molar-refractivity contribution is -0.188. The molecule has 1 aliphatic rings. The Labute approximate surface area is 68.3 Å². The van der Waals surface area contributed by atoms with Crippen LogP contribution >= 0.6 is 0 Å². The van der Waals surface area contributed by atoms with Crippen LogP contribution in [0.15, 0.2) is 0 Å². The van der Waals surface area contributed by atoms with E-state index in [1.54, 1.807) is 0 Å². The molecule has 0 saturated heterocycles. The van der Waals surface area contributed by atoms with Crippen molar-refractivity contribution in [3.63, 3.8) is 0 Å². The smallest absolute Gasteiger partial charge is 0.155 e. The summed E-state index contributed by atoms with van der Waals surface area (Å²) in [6, 6.07) is 0. The third-order valence-corrected chi connectivity index (χ3v) is 1.95. The summed E-state index contributed by atoms with van der Waals surface area (Å²) in [4.78, 5) is 0. The fourth-order valence-corrected chi connectivity index (χ4v) is 1.10. The summed E-state index contributed by atoms with van der Waals surface area (Å²) in [5, 5.41) is 53.6. The molecule has 0 aromatic heterocycles.